The summed E-state index contributed by atoms with van der Waals surface area (Å²) in [5.41, 5.74) is 6.63. The predicted octanol–water partition coefficient (Wildman–Crippen LogP) is 0.275. The second-order valence-electron chi connectivity index (χ2n) is 9.42. The third kappa shape index (κ3) is 6.67. The van der Waals surface area contributed by atoms with E-state index in [0.717, 1.165) is 13.0 Å². The van der Waals surface area contributed by atoms with Crippen molar-refractivity contribution in [1.29, 1.82) is 0 Å². The second-order valence-corrected chi connectivity index (χ2v) is 9.42. The molecule has 0 aliphatic carbocycles. The van der Waals surface area contributed by atoms with Crippen molar-refractivity contribution in [2.45, 2.75) is 56.3 Å². The van der Waals surface area contributed by atoms with E-state index in [1.54, 1.807) is 12.1 Å². The third-order valence-corrected chi connectivity index (χ3v) is 6.84. The SMILES string of the molecule is NC(=O)[C@H](Cc1ccc(F)cc1)NC(=O)[C@@H]1C[C@@H](NC(=O)c2ccncc2)CCN1C(=O)[C@H]1CCCN1. The van der Waals surface area contributed by atoms with Crippen LogP contribution in [0.15, 0.2) is 48.8 Å². The highest BCUT2D eigenvalue weighted by molar-refractivity contribution is 5.95. The zero-order chi connectivity index (χ0) is 26.4. The molecule has 5 N–H and O–H groups in total. The number of likely N-dealkylation sites (tertiary alicyclic amines) is 1. The van der Waals surface area contributed by atoms with Gasteiger partial charge in [0.1, 0.15) is 17.9 Å². The van der Waals surface area contributed by atoms with Gasteiger partial charge >= 0.3 is 0 Å². The van der Waals surface area contributed by atoms with Crippen LogP contribution < -0.4 is 21.7 Å². The Hall–Kier alpha value is -3.86. The zero-order valence-corrected chi connectivity index (χ0v) is 20.4. The number of nitrogens with one attached hydrogen (secondary N) is 3. The lowest BCUT2D eigenvalue weighted by Gasteiger charge is -2.40. The van der Waals surface area contributed by atoms with Gasteiger partial charge in [0.05, 0.1) is 6.04 Å². The molecule has 4 atom stereocenters. The third-order valence-electron chi connectivity index (χ3n) is 6.84. The molecule has 1 aromatic carbocycles. The van der Waals surface area contributed by atoms with Crippen LogP contribution in [0, 0.1) is 5.82 Å². The fourth-order valence-electron chi connectivity index (χ4n) is 4.82. The molecule has 2 saturated heterocycles. The van der Waals surface area contributed by atoms with Gasteiger partial charge in [0, 0.05) is 37.0 Å². The number of nitrogens with zero attached hydrogens (tertiary/aromatic N) is 2. The molecule has 2 aliphatic rings. The van der Waals surface area contributed by atoms with Gasteiger partial charge in [0.15, 0.2) is 0 Å². The Morgan fingerprint density at radius 2 is 1.84 bits per heavy atom. The number of rotatable bonds is 8. The molecule has 0 radical (unpaired) electrons. The molecular weight excluding hydrogens is 479 g/mol. The summed E-state index contributed by atoms with van der Waals surface area (Å²) in [6.07, 6.45) is 5.33. The summed E-state index contributed by atoms with van der Waals surface area (Å²) in [6, 6.07) is 6.07. The summed E-state index contributed by atoms with van der Waals surface area (Å²) in [6.45, 7) is 1.00. The minimum Gasteiger partial charge on any atom is -0.368 e. The van der Waals surface area contributed by atoms with Gasteiger partial charge in [-0.05, 0) is 62.1 Å². The van der Waals surface area contributed by atoms with Crippen molar-refractivity contribution < 1.29 is 23.6 Å². The molecule has 0 saturated carbocycles. The largest absolute Gasteiger partial charge is 0.368 e. The number of nitrogens with two attached hydrogens (primary N) is 1. The first-order chi connectivity index (χ1) is 17.8. The first kappa shape index (κ1) is 26.2. The Labute approximate surface area is 214 Å². The van der Waals surface area contributed by atoms with Crippen LogP contribution in [0.25, 0.3) is 0 Å². The van der Waals surface area contributed by atoms with Crippen molar-refractivity contribution in [2.24, 2.45) is 5.73 Å². The van der Waals surface area contributed by atoms with Gasteiger partial charge in [-0.2, -0.15) is 0 Å². The molecule has 1 aromatic heterocycles. The number of pyridine rings is 1. The molecule has 11 heteroatoms. The van der Waals surface area contributed by atoms with Gasteiger partial charge in [-0.15, -0.1) is 0 Å². The van der Waals surface area contributed by atoms with Crippen LogP contribution in [0.5, 0.6) is 0 Å². The van der Waals surface area contributed by atoms with Crippen molar-refractivity contribution >= 4 is 23.6 Å². The van der Waals surface area contributed by atoms with Crippen molar-refractivity contribution in [2.75, 3.05) is 13.1 Å². The minimum absolute atomic E-state index is 0.0778. The molecule has 3 heterocycles. The average molecular weight is 511 g/mol. The predicted molar refractivity (Wildman–Crippen MR) is 132 cm³/mol. The van der Waals surface area contributed by atoms with Crippen molar-refractivity contribution in [3.63, 3.8) is 0 Å². The normalized spacial score (nSPS) is 22.2. The highest BCUT2D eigenvalue weighted by Crippen LogP contribution is 2.22. The Morgan fingerprint density at radius 3 is 2.49 bits per heavy atom. The fraction of sp³-hybridized carbons (Fsp3) is 0.423. The maximum atomic E-state index is 13.5. The Balaban J connectivity index is 1.49. The van der Waals surface area contributed by atoms with Crippen LogP contribution in [0.4, 0.5) is 4.39 Å². The Kier molecular flexibility index (Phi) is 8.44. The Bertz CT molecular complexity index is 1120. The number of carbonyl (C=O) groups excluding carboxylic acids is 4. The lowest BCUT2D eigenvalue weighted by atomic mass is 9.94. The average Bonchev–Trinajstić information content (AvgIpc) is 3.44. The van der Waals surface area contributed by atoms with E-state index in [9.17, 15) is 23.6 Å². The number of hydrogen-bond acceptors (Lipinski definition) is 6. The van der Waals surface area contributed by atoms with Gasteiger partial charge < -0.3 is 26.6 Å². The topological polar surface area (TPSA) is 147 Å². The van der Waals surface area contributed by atoms with E-state index in [2.05, 4.69) is 20.9 Å². The smallest absolute Gasteiger partial charge is 0.251 e. The first-order valence-electron chi connectivity index (χ1n) is 12.4. The van der Waals surface area contributed by atoms with E-state index in [1.807, 2.05) is 0 Å². The number of halogens is 1. The van der Waals surface area contributed by atoms with Crippen LogP contribution in [-0.4, -0.2) is 70.8 Å². The van der Waals surface area contributed by atoms with Crippen molar-refractivity contribution in [1.82, 2.24) is 25.8 Å². The van der Waals surface area contributed by atoms with E-state index in [0.29, 0.717) is 24.0 Å². The second kappa shape index (κ2) is 11.9. The summed E-state index contributed by atoms with van der Waals surface area (Å²) in [5.74, 6) is -2.16. The van der Waals surface area contributed by atoms with Gasteiger partial charge in [0.2, 0.25) is 17.7 Å². The number of aromatic nitrogens is 1. The lowest BCUT2D eigenvalue weighted by Crippen LogP contribution is -2.61. The van der Waals surface area contributed by atoms with Crippen LogP contribution >= 0.6 is 0 Å². The summed E-state index contributed by atoms with van der Waals surface area (Å²) in [4.78, 5) is 57.0. The molecule has 2 aliphatic heterocycles. The molecule has 10 nitrogen and oxygen atoms in total. The summed E-state index contributed by atoms with van der Waals surface area (Å²) in [7, 11) is 0. The fourth-order valence-corrected chi connectivity index (χ4v) is 4.82. The summed E-state index contributed by atoms with van der Waals surface area (Å²) >= 11 is 0. The first-order valence-corrected chi connectivity index (χ1v) is 12.4. The monoisotopic (exact) mass is 510 g/mol. The van der Waals surface area contributed by atoms with Crippen molar-refractivity contribution in [3.8, 4) is 0 Å². The molecule has 37 heavy (non-hydrogen) atoms. The maximum Gasteiger partial charge on any atom is 0.251 e. The van der Waals surface area contributed by atoms with Crippen LogP contribution in [0.3, 0.4) is 0 Å². The van der Waals surface area contributed by atoms with Gasteiger partial charge in [-0.1, -0.05) is 12.1 Å². The highest BCUT2D eigenvalue weighted by atomic mass is 19.1. The minimum atomic E-state index is -1.05. The molecule has 196 valence electrons. The van der Waals surface area contributed by atoms with E-state index in [4.69, 9.17) is 5.73 Å². The van der Waals surface area contributed by atoms with Gasteiger partial charge in [0.25, 0.3) is 5.91 Å². The van der Waals surface area contributed by atoms with Crippen LogP contribution in [0.2, 0.25) is 0 Å². The molecule has 0 unspecified atom stereocenters. The summed E-state index contributed by atoms with van der Waals surface area (Å²) < 4.78 is 13.3. The lowest BCUT2D eigenvalue weighted by molar-refractivity contribution is -0.144. The molecular formula is C26H31FN6O4. The maximum absolute atomic E-state index is 13.5. The van der Waals surface area contributed by atoms with E-state index >= 15 is 0 Å². The molecule has 4 rings (SSSR count). The molecule has 4 amide bonds. The number of piperidine rings is 1. The zero-order valence-electron chi connectivity index (χ0n) is 20.4. The van der Waals surface area contributed by atoms with Crippen molar-refractivity contribution in [3.05, 3.63) is 65.7 Å². The van der Waals surface area contributed by atoms with Crippen LogP contribution in [-0.2, 0) is 20.8 Å². The molecule has 2 aromatic rings. The Morgan fingerprint density at radius 1 is 1.11 bits per heavy atom. The molecule has 0 spiro atoms. The van der Waals surface area contributed by atoms with Crippen LogP contribution in [0.1, 0.15) is 41.6 Å². The number of benzene rings is 1. The molecule has 0 bridgehead atoms. The summed E-state index contributed by atoms with van der Waals surface area (Å²) in [5, 5.41) is 8.80. The number of hydrogen-bond donors (Lipinski definition) is 4. The van der Waals surface area contributed by atoms with E-state index in [-0.39, 0.29) is 43.3 Å². The number of carbonyl (C=O) groups is 4. The molecule has 2 fully saturated rings. The highest BCUT2D eigenvalue weighted by Gasteiger charge is 2.40. The number of primary amides is 1. The van der Waals surface area contributed by atoms with Gasteiger partial charge in [-0.25, -0.2) is 4.39 Å². The number of amides is 4. The quantitative estimate of drug-likeness (QED) is 0.401. The standard InChI is InChI=1S/C26H31FN6O4/c27-18-5-3-16(4-6-18)14-21(23(28)34)32-25(36)22-15-19(31-24(35)17-7-11-29-12-8-17)9-13-33(22)26(37)20-2-1-10-30-20/h3-8,11-12,19-22,30H,1-2,9-10,13-15H2,(H2,28,34)(H,31,35)(H,32,36)/t19-,20+,21-,22-/m0/s1. The van der Waals surface area contributed by atoms with E-state index < -0.39 is 29.7 Å². The van der Waals surface area contributed by atoms with E-state index in [1.165, 1.54) is 41.6 Å². The van der Waals surface area contributed by atoms with Gasteiger partial charge in [-0.3, -0.25) is 24.2 Å².